The van der Waals surface area contributed by atoms with E-state index in [1.54, 1.807) is 18.5 Å². The zero-order valence-electron chi connectivity index (χ0n) is 12.2. The van der Waals surface area contributed by atoms with Gasteiger partial charge in [0.15, 0.2) is 0 Å². The maximum atomic E-state index is 3.87. The van der Waals surface area contributed by atoms with Crippen LogP contribution in [0, 0.1) is 6.92 Å². The van der Waals surface area contributed by atoms with Crippen LogP contribution in [0.1, 0.15) is 52.8 Å². The summed E-state index contributed by atoms with van der Waals surface area (Å²) in [6, 6.07) is 1.80. The Kier molecular flexibility index (Phi) is 18.9. The molecule has 17 heavy (non-hydrogen) atoms. The summed E-state index contributed by atoms with van der Waals surface area (Å²) in [6.07, 6.45) is 7.66. The van der Waals surface area contributed by atoms with Crippen molar-refractivity contribution in [2.45, 2.75) is 53.9 Å². The second-order valence-corrected chi connectivity index (χ2v) is 3.11. The van der Waals surface area contributed by atoms with Gasteiger partial charge in [-0.15, -0.1) is 0 Å². The summed E-state index contributed by atoms with van der Waals surface area (Å²) in [5, 5.41) is 3.28. The van der Waals surface area contributed by atoms with E-state index < -0.39 is 0 Å². The minimum Gasteiger partial charge on any atom is -0.317 e. The van der Waals surface area contributed by atoms with E-state index in [0.717, 1.165) is 5.82 Å². The Bertz CT molecular complexity index is 196. The lowest BCUT2D eigenvalue weighted by Gasteiger charge is -2.08. The monoisotopic (exact) mass is 239 g/mol. The lowest BCUT2D eigenvalue weighted by molar-refractivity contribution is 0.520. The fourth-order valence-corrected chi connectivity index (χ4v) is 1.18. The van der Waals surface area contributed by atoms with Gasteiger partial charge in [-0.1, -0.05) is 34.1 Å². The van der Waals surface area contributed by atoms with Gasteiger partial charge in [-0.2, -0.15) is 0 Å². The van der Waals surface area contributed by atoms with Crippen LogP contribution in [0.5, 0.6) is 0 Å². The zero-order chi connectivity index (χ0) is 13.4. The second kappa shape index (κ2) is 17.4. The average Bonchev–Trinajstić information content (AvgIpc) is 2.47. The first-order chi connectivity index (χ1) is 8.39. The molecule has 3 heteroatoms. The molecule has 1 N–H and O–H groups in total. The minimum atomic E-state index is 0.822. The Labute approximate surface area is 107 Å². The molecular weight excluding hydrogens is 210 g/mol. The molecule has 0 amide bonds. The van der Waals surface area contributed by atoms with E-state index >= 15 is 0 Å². The topological polar surface area (TPSA) is 37.8 Å². The number of hydrogen-bond acceptors (Lipinski definition) is 3. The van der Waals surface area contributed by atoms with Crippen molar-refractivity contribution < 1.29 is 0 Å². The molecule has 2 rings (SSSR count). The highest BCUT2D eigenvalue weighted by Gasteiger charge is 1.93. The number of aryl methyl sites for hydroxylation is 1. The summed E-state index contributed by atoms with van der Waals surface area (Å²) in [5.74, 6) is 0.822. The lowest BCUT2D eigenvalue weighted by atomic mass is 10.2. The molecule has 0 atom stereocenters. The Balaban J connectivity index is 0. The zero-order valence-corrected chi connectivity index (χ0v) is 12.2. The standard InChI is InChI=1S/C5H6N2.C5H11N.2C2H6/c1-5-6-3-2-4-7-5;1-2-4-6-5-3-1;2*1-2/h2-4H,1H3;6H,1-5H2;2*1-2H3. The molecular formula is C14H29N3. The van der Waals surface area contributed by atoms with Crippen LogP contribution in [0.4, 0.5) is 0 Å². The second-order valence-electron chi connectivity index (χ2n) is 3.11. The quantitative estimate of drug-likeness (QED) is 0.751. The van der Waals surface area contributed by atoms with Gasteiger partial charge in [0.25, 0.3) is 0 Å². The van der Waals surface area contributed by atoms with Gasteiger partial charge >= 0.3 is 0 Å². The maximum Gasteiger partial charge on any atom is 0.125 e. The van der Waals surface area contributed by atoms with Crippen molar-refractivity contribution >= 4 is 0 Å². The molecule has 1 saturated heterocycles. The Hall–Kier alpha value is -0.960. The van der Waals surface area contributed by atoms with Crippen molar-refractivity contribution in [1.29, 1.82) is 0 Å². The number of piperidine rings is 1. The van der Waals surface area contributed by atoms with E-state index in [0.29, 0.717) is 0 Å². The van der Waals surface area contributed by atoms with Crippen molar-refractivity contribution in [2.75, 3.05) is 13.1 Å². The molecule has 100 valence electrons. The van der Waals surface area contributed by atoms with Crippen LogP contribution in [0.3, 0.4) is 0 Å². The van der Waals surface area contributed by atoms with Crippen LogP contribution in [-0.4, -0.2) is 23.1 Å². The van der Waals surface area contributed by atoms with Crippen molar-refractivity contribution in [1.82, 2.24) is 15.3 Å². The largest absolute Gasteiger partial charge is 0.317 e. The fourth-order valence-electron chi connectivity index (χ4n) is 1.18. The van der Waals surface area contributed by atoms with Crippen molar-refractivity contribution in [2.24, 2.45) is 0 Å². The molecule has 1 fully saturated rings. The van der Waals surface area contributed by atoms with Gasteiger partial charge in [0.05, 0.1) is 0 Å². The predicted molar refractivity (Wildman–Crippen MR) is 76.2 cm³/mol. The molecule has 0 aromatic carbocycles. The summed E-state index contributed by atoms with van der Waals surface area (Å²) in [6.45, 7) is 12.4. The molecule has 3 nitrogen and oxygen atoms in total. The van der Waals surface area contributed by atoms with Gasteiger partial charge in [-0.25, -0.2) is 9.97 Å². The number of nitrogens with one attached hydrogen (secondary N) is 1. The van der Waals surface area contributed by atoms with Crippen LogP contribution < -0.4 is 5.32 Å². The Morgan fingerprint density at radius 3 is 1.53 bits per heavy atom. The van der Waals surface area contributed by atoms with Gasteiger partial charge in [-0.3, -0.25) is 0 Å². The Morgan fingerprint density at radius 2 is 1.35 bits per heavy atom. The van der Waals surface area contributed by atoms with Crippen LogP contribution in [0.25, 0.3) is 0 Å². The van der Waals surface area contributed by atoms with Crippen molar-refractivity contribution in [3.8, 4) is 0 Å². The van der Waals surface area contributed by atoms with E-state index in [1.807, 2.05) is 34.6 Å². The Morgan fingerprint density at radius 1 is 0.882 bits per heavy atom. The maximum absolute atomic E-state index is 3.87. The normalized spacial score (nSPS) is 12.8. The summed E-state index contributed by atoms with van der Waals surface area (Å²) >= 11 is 0. The number of hydrogen-bond donors (Lipinski definition) is 1. The molecule has 1 aromatic rings. The summed E-state index contributed by atoms with van der Waals surface area (Å²) in [4.78, 5) is 7.74. The molecule has 2 heterocycles. The molecule has 0 saturated carbocycles. The minimum absolute atomic E-state index is 0.822. The van der Waals surface area contributed by atoms with Crippen molar-refractivity contribution in [3.05, 3.63) is 24.3 Å². The number of rotatable bonds is 0. The van der Waals surface area contributed by atoms with E-state index in [9.17, 15) is 0 Å². The molecule has 1 aromatic heterocycles. The SMILES string of the molecule is C1CCNCC1.CC.CC.Cc1ncccn1. The van der Waals surface area contributed by atoms with Crippen LogP contribution >= 0.6 is 0 Å². The van der Waals surface area contributed by atoms with E-state index in [1.165, 1.54) is 32.4 Å². The third-order valence-electron chi connectivity index (χ3n) is 1.90. The fraction of sp³-hybridized carbons (Fsp3) is 0.714. The summed E-state index contributed by atoms with van der Waals surface area (Å²) in [5.41, 5.74) is 0. The molecule has 0 radical (unpaired) electrons. The highest BCUT2D eigenvalue weighted by Crippen LogP contribution is 1.96. The highest BCUT2D eigenvalue weighted by atomic mass is 14.9. The van der Waals surface area contributed by atoms with E-state index in [-0.39, 0.29) is 0 Å². The van der Waals surface area contributed by atoms with Crippen LogP contribution in [0.2, 0.25) is 0 Å². The molecule has 0 unspecified atom stereocenters. The number of aromatic nitrogens is 2. The smallest absolute Gasteiger partial charge is 0.125 e. The molecule has 0 bridgehead atoms. The first-order valence-electron chi connectivity index (χ1n) is 6.84. The molecule has 1 aliphatic rings. The highest BCUT2D eigenvalue weighted by molar-refractivity contribution is 4.83. The van der Waals surface area contributed by atoms with E-state index in [2.05, 4.69) is 15.3 Å². The molecule has 1 aliphatic heterocycles. The third kappa shape index (κ3) is 15.0. The molecule has 0 aliphatic carbocycles. The van der Waals surface area contributed by atoms with Gasteiger partial charge in [0.1, 0.15) is 5.82 Å². The summed E-state index contributed by atoms with van der Waals surface area (Å²) in [7, 11) is 0. The van der Waals surface area contributed by atoms with E-state index in [4.69, 9.17) is 0 Å². The van der Waals surface area contributed by atoms with Crippen LogP contribution in [-0.2, 0) is 0 Å². The summed E-state index contributed by atoms with van der Waals surface area (Å²) < 4.78 is 0. The average molecular weight is 239 g/mol. The van der Waals surface area contributed by atoms with Gasteiger partial charge in [-0.05, 0) is 38.9 Å². The van der Waals surface area contributed by atoms with Crippen LogP contribution in [0.15, 0.2) is 18.5 Å². The lowest BCUT2D eigenvalue weighted by Crippen LogP contribution is -2.21. The van der Waals surface area contributed by atoms with Gasteiger partial charge < -0.3 is 5.32 Å². The molecule has 0 spiro atoms. The number of nitrogens with zero attached hydrogens (tertiary/aromatic N) is 2. The first-order valence-corrected chi connectivity index (χ1v) is 6.84. The van der Waals surface area contributed by atoms with Gasteiger partial charge in [0.2, 0.25) is 0 Å². The third-order valence-corrected chi connectivity index (χ3v) is 1.90. The van der Waals surface area contributed by atoms with Crippen molar-refractivity contribution in [3.63, 3.8) is 0 Å². The van der Waals surface area contributed by atoms with Gasteiger partial charge in [0, 0.05) is 12.4 Å². The first kappa shape index (κ1) is 18.4. The predicted octanol–water partition coefficient (Wildman–Crippen LogP) is 3.60.